The lowest BCUT2D eigenvalue weighted by atomic mass is 9.67. The Balaban J connectivity index is 2.29. The van der Waals surface area contributed by atoms with Crippen molar-refractivity contribution in [3.63, 3.8) is 0 Å². The van der Waals surface area contributed by atoms with Gasteiger partial charge in [0.25, 0.3) is 0 Å². The minimum absolute atomic E-state index is 0.125. The van der Waals surface area contributed by atoms with E-state index in [0.717, 1.165) is 25.4 Å². The summed E-state index contributed by atoms with van der Waals surface area (Å²) in [5.74, 6) is 0.942. The van der Waals surface area contributed by atoms with Gasteiger partial charge >= 0.3 is 0 Å². The minimum atomic E-state index is 0.125. The third-order valence-corrected chi connectivity index (χ3v) is 4.13. The van der Waals surface area contributed by atoms with E-state index < -0.39 is 0 Å². The van der Waals surface area contributed by atoms with E-state index in [9.17, 15) is 0 Å². The topological polar surface area (TPSA) is 44.5 Å². The molecule has 2 N–H and O–H groups in total. The van der Waals surface area contributed by atoms with Crippen LogP contribution in [0.4, 0.5) is 0 Å². The molecular formula is C16H25NO2. The van der Waals surface area contributed by atoms with Crippen LogP contribution in [0.3, 0.4) is 0 Å². The quantitative estimate of drug-likeness (QED) is 0.888. The Morgan fingerprint density at radius 2 is 2.05 bits per heavy atom. The maximum atomic E-state index is 5.89. The number of hydrogen-bond acceptors (Lipinski definition) is 3. The first-order valence-corrected chi connectivity index (χ1v) is 6.85. The van der Waals surface area contributed by atoms with Gasteiger partial charge in [-0.2, -0.15) is 0 Å². The lowest BCUT2D eigenvalue weighted by molar-refractivity contribution is -0.0786. The Hall–Kier alpha value is -1.06. The molecular weight excluding hydrogens is 238 g/mol. The van der Waals surface area contributed by atoms with E-state index in [4.69, 9.17) is 15.2 Å². The van der Waals surface area contributed by atoms with E-state index in [-0.39, 0.29) is 10.8 Å². The van der Waals surface area contributed by atoms with Crippen LogP contribution in [0, 0.1) is 12.3 Å². The average molecular weight is 263 g/mol. The largest absolute Gasteiger partial charge is 0.496 e. The summed E-state index contributed by atoms with van der Waals surface area (Å²) in [6, 6.07) is 6.45. The molecule has 0 amide bonds. The van der Waals surface area contributed by atoms with Crippen LogP contribution in [0.1, 0.15) is 31.4 Å². The van der Waals surface area contributed by atoms with Crippen LogP contribution in [0.5, 0.6) is 5.75 Å². The van der Waals surface area contributed by atoms with Crippen LogP contribution < -0.4 is 10.5 Å². The van der Waals surface area contributed by atoms with Gasteiger partial charge in [-0.1, -0.05) is 26.0 Å². The normalized spacial score (nSPS) is 17.9. The van der Waals surface area contributed by atoms with Crippen molar-refractivity contribution in [2.24, 2.45) is 11.1 Å². The van der Waals surface area contributed by atoms with E-state index in [0.29, 0.717) is 6.54 Å². The lowest BCUT2D eigenvalue weighted by Crippen LogP contribution is -2.50. The van der Waals surface area contributed by atoms with Gasteiger partial charge in [0.15, 0.2) is 0 Å². The van der Waals surface area contributed by atoms with E-state index in [2.05, 4.69) is 39.0 Å². The number of hydrogen-bond donors (Lipinski definition) is 1. The van der Waals surface area contributed by atoms with Gasteiger partial charge in [0.2, 0.25) is 0 Å². The van der Waals surface area contributed by atoms with Gasteiger partial charge in [0, 0.05) is 5.41 Å². The first kappa shape index (κ1) is 14.4. The van der Waals surface area contributed by atoms with Gasteiger partial charge in [-0.15, -0.1) is 0 Å². The van der Waals surface area contributed by atoms with E-state index in [1.807, 2.05) is 0 Å². The number of nitrogens with two attached hydrogens (primary N) is 1. The molecule has 1 heterocycles. The molecule has 0 aromatic heterocycles. The van der Waals surface area contributed by atoms with Crippen LogP contribution in [-0.2, 0) is 10.2 Å². The summed E-state index contributed by atoms with van der Waals surface area (Å²) < 4.78 is 10.8. The maximum Gasteiger partial charge on any atom is 0.121 e. The van der Waals surface area contributed by atoms with Gasteiger partial charge in [0.05, 0.1) is 20.3 Å². The molecule has 106 valence electrons. The highest BCUT2D eigenvalue weighted by Gasteiger charge is 2.44. The van der Waals surface area contributed by atoms with Gasteiger partial charge in [0.1, 0.15) is 5.75 Å². The molecule has 0 radical (unpaired) electrons. The second kappa shape index (κ2) is 5.14. The van der Waals surface area contributed by atoms with Crippen LogP contribution in [0.15, 0.2) is 18.2 Å². The average Bonchev–Trinajstić information content (AvgIpc) is 2.34. The Bertz CT molecular complexity index is 450. The minimum Gasteiger partial charge on any atom is -0.496 e. The Labute approximate surface area is 116 Å². The molecule has 1 fully saturated rings. The van der Waals surface area contributed by atoms with Crippen LogP contribution in [-0.4, -0.2) is 26.9 Å². The molecule has 0 bridgehead atoms. The number of aryl methyl sites for hydroxylation is 1. The second-order valence-corrected chi connectivity index (χ2v) is 6.50. The summed E-state index contributed by atoms with van der Waals surface area (Å²) in [5.41, 5.74) is 8.67. The molecule has 0 atom stereocenters. The molecule has 1 aromatic rings. The third kappa shape index (κ3) is 2.77. The predicted octanol–water partition coefficient (Wildman–Crippen LogP) is 2.65. The highest BCUT2D eigenvalue weighted by molar-refractivity contribution is 5.40. The highest BCUT2D eigenvalue weighted by Crippen LogP contribution is 2.43. The lowest BCUT2D eigenvalue weighted by Gasteiger charge is -2.46. The Morgan fingerprint density at radius 3 is 2.47 bits per heavy atom. The fraction of sp³-hybridized carbons (Fsp3) is 0.625. The molecule has 0 spiro atoms. The molecule has 3 heteroatoms. The van der Waals surface area contributed by atoms with Crippen molar-refractivity contribution in [2.75, 3.05) is 26.9 Å². The van der Waals surface area contributed by atoms with Crippen molar-refractivity contribution in [3.8, 4) is 5.75 Å². The molecule has 2 rings (SSSR count). The number of methoxy groups -OCH3 is 1. The van der Waals surface area contributed by atoms with Gasteiger partial charge in [-0.05, 0) is 42.5 Å². The predicted molar refractivity (Wildman–Crippen MR) is 77.7 cm³/mol. The summed E-state index contributed by atoms with van der Waals surface area (Å²) in [6.07, 6.45) is 1.06. The summed E-state index contributed by atoms with van der Waals surface area (Å²) in [7, 11) is 1.71. The first-order valence-electron chi connectivity index (χ1n) is 6.85. The van der Waals surface area contributed by atoms with Gasteiger partial charge < -0.3 is 15.2 Å². The number of rotatable bonds is 5. The summed E-state index contributed by atoms with van der Waals surface area (Å²) in [5, 5.41) is 0. The third-order valence-electron chi connectivity index (χ3n) is 4.13. The maximum absolute atomic E-state index is 5.89. The Morgan fingerprint density at radius 1 is 1.37 bits per heavy atom. The van der Waals surface area contributed by atoms with Crippen molar-refractivity contribution >= 4 is 0 Å². The van der Waals surface area contributed by atoms with Crippen LogP contribution in [0.2, 0.25) is 0 Å². The molecule has 19 heavy (non-hydrogen) atoms. The van der Waals surface area contributed by atoms with Crippen molar-refractivity contribution in [1.29, 1.82) is 0 Å². The molecule has 3 nitrogen and oxygen atoms in total. The van der Waals surface area contributed by atoms with Crippen LogP contribution in [0.25, 0.3) is 0 Å². The highest BCUT2D eigenvalue weighted by atomic mass is 16.5. The Kier molecular flexibility index (Phi) is 3.88. The van der Waals surface area contributed by atoms with Crippen molar-refractivity contribution in [2.45, 2.75) is 32.6 Å². The molecule has 0 saturated carbocycles. The zero-order valence-electron chi connectivity index (χ0n) is 12.5. The standard InChI is InChI=1S/C16H25NO2/c1-12-7-13(5-6-14(12)18-4)16(10-19-11-16)8-15(2,3)9-17/h5-7H,8-11,17H2,1-4H3. The molecule has 1 aromatic carbocycles. The van der Waals surface area contributed by atoms with Crippen molar-refractivity contribution < 1.29 is 9.47 Å². The van der Waals surface area contributed by atoms with E-state index in [1.54, 1.807) is 7.11 Å². The summed E-state index contributed by atoms with van der Waals surface area (Å²) in [4.78, 5) is 0. The zero-order chi connectivity index (χ0) is 14.1. The SMILES string of the molecule is COc1ccc(C2(CC(C)(C)CN)COC2)cc1C. The van der Waals surface area contributed by atoms with Crippen LogP contribution >= 0.6 is 0 Å². The molecule has 0 aliphatic carbocycles. The van der Waals surface area contributed by atoms with E-state index >= 15 is 0 Å². The van der Waals surface area contributed by atoms with E-state index in [1.165, 1.54) is 11.1 Å². The zero-order valence-corrected chi connectivity index (χ0v) is 12.5. The smallest absolute Gasteiger partial charge is 0.121 e. The second-order valence-electron chi connectivity index (χ2n) is 6.50. The summed E-state index contributed by atoms with van der Waals surface area (Å²) >= 11 is 0. The van der Waals surface area contributed by atoms with Gasteiger partial charge in [-0.25, -0.2) is 0 Å². The molecule has 1 aliphatic heterocycles. The molecule has 1 aliphatic rings. The summed E-state index contributed by atoms with van der Waals surface area (Å²) in [6.45, 7) is 8.82. The van der Waals surface area contributed by atoms with Crippen molar-refractivity contribution in [3.05, 3.63) is 29.3 Å². The molecule has 1 saturated heterocycles. The van der Waals surface area contributed by atoms with Crippen molar-refractivity contribution in [1.82, 2.24) is 0 Å². The monoisotopic (exact) mass is 263 g/mol. The number of ether oxygens (including phenoxy) is 2. The first-order chi connectivity index (χ1) is 8.92. The fourth-order valence-electron chi connectivity index (χ4n) is 2.92. The van der Waals surface area contributed by atoms with Gasteiger partial charge in [-0.3, -0.25) is 0 Å². The molecule has 0 unspecified atom stereocenters. The number of benzene rings is 1. The fourth-order valence-corrected chi connectivity index (χ4v) is 2.92.